The smallest absolute Gasteiger partial charge is 0.241 e. The van der Waals surface area contributed by atoms with Gasteiger partial charge in [0.1, 0.15) is 12.1 Å². The molecular formula is C16H14N6O2. The summed E-state index contributed by atoms with van der Waals surface area (Å²) in [5.41, 5.74) is 3.24. The molecule has 4 rings (SSSR count). The molecular weight excluding hydrogens is 308 g/mol. The molecule has 0 fully saturated rings. The number of hydrazine groups is 1. The van der Waals surface area contributed by atoms with E-state index in [0.29, 0.717) is 22.7 Å². The van der Waals surface area contributed by atoms with E-state index in [2.05, 4.69) is 25.7 Å². The summed E-state index contributed by atoms with van der Waals surface area (Å²) in [4.78, 5) is 22.4. The van der Waals surface area contributed by atoms with E-state index in [1.54, 1.807) is 12.1 Å². The van der Waals surface area contributed by atoms with Gasteiger partial charge in [-0.15, -0.1) is 0 Å². The van der Waals surface area contributed by atoms with Crippen molar-refractivity contribution in [3.63, 3.8) is 0 Å². The second kappa shape index (κ2) is 6.71. The van der Waals surface area contributed by atoms with Crippen molar-refractivity contribution in [1.29, 1.82) is 0 Å². The lowest BCUT2D eigenvalue weighted by atomic mass is 10.3. The van der Waals surface area contributed by atoms with Crippen molar-refractivity contribution >= 4 is 28.4 Å². The van der Waals surface area contributed by atoms with Gasteiger partial charge in [-0.05, 0) is 18.2 Å². The highest BCUT2D eigenvalue weighted by Gasteiger charge is 2.14. The Bertz CT molecular complexity index is 963. The lowest BCUT2D eigenvalue weighted by Gasteiger charge is -2.04. The predicted molar refractivity (Wildman–Crippen MR) is 91.6 cm³/mol. The van der Waals surface area contributed by atoms with Gasteiger partial charge in [-0.3, -0.25) is 10.2 Å². The number of hydrogen-bond donors (Lipinski definition) is 4. The van der Waals surface area contributed by atoms with Gasteiger partial charge in [0.2, 0.25) is 11.9 Å². The van der Waals surface area contributed by atoms with Crippen LogP contribution in [0.25, 0.3) is 10.8 Å². The number of nitrogen functional groups attached to an aromatic ring is 1. The van der Waals surface area contributed by atoms with Crippen molar-refractivity contribution in [1.82, 2.24) is 15.0 Å². The van der Waals surface area contributed by atoms with Crippen LogP contribution in [-0.4, -0.2) is 20.1 Å². The van der Waals surface area contributed by atoms with Crippen molar-refractivity contribution in [3.05, 3.63) is 65.1 Å². The summed E-state index contributed by atoms with van der Waals surface area (Å²) in [6.07, 6.45) is 1.38. The number of nitrogens with one attached hydrogen (secondary N) is 2. The van der Waals surface area contributed by atoms with Crippen molar-refractivity contribution in [2.45, 2.75) is 0 Å². The third-order valence-electron chi connectivity index (χ3n) is 3.18. The normalized spacial score (nSPS) is 10.2. The first-order valence-electron chi connectivity index (χ1n) is 7.03. The fraction of sp³-hybridized carbons (Fsp3) is 0. The van der Waals surface area contributed by atoms with E-state index in [4.69, 9.17) is 10.9 Å². The van der Waals surface area contributed by atoms with E-state index in [1.165, 1.54) is 12.4 Å². The van der Waals surface area contributed by atoms with Crippen molar-refractivity contribution in [2.24, 2.45) is 5.84 Å². The number of anilines is 3. The molecule has 1 aromatic heterocycles. The lowest BCUT2D eigenvalue weighted by molar-refractivity contribution is 0.482. The highest BCUT2D eigenvalue weighted by molar-refractivity contribution is 6.01. The van der Waals surface area contributed by atoms with Crippen LogP contribution in [0.2, 0.25) is 0 Å². The Labute approximate surface area is 136 Å². The SMILES string of the molecule is NNc1ncnc(Nc2ccccc2)n1.O=c1c2cccc(O)c12. The van der Waals surface area contributed by atoms with E-state index < -0.39 is 0 Å². The second-order valence-electron chi connectivity index (χ2n) is 4.80. The zero-order valence-electron chi connectivity index (χ0n) is 12.5. The maximum absolute atomic E-state index is 10.6. The first-order chi connectivity index (χ1) is 11.7. The number of nitrogens with two attached hydrogens (primary N) is 1. The molecule has 8 nitrogen and oxygen atoms in total. The van der Waals surface area contributed by atoms with Gasteiger partial charge in [-0.1, -0.05) is 30.3 Å². The second-order valence-corrected chi connectivity index (χ2v) is 4.80. The lowest BCUT2D eigenvalue weighted by Crippen LogP contribution is -2.11. The number of aromatic nitrogens is 3. The van der Waals surface area contributed by atoms with E-state index in [9.17, 15) is 4.79 Å². The summed E-state index contributed by atoms with van der Waals surface area (Å²) in [6.45, 7) is 0. The van der Waals surface area contributed by atoms with Gasteiger partial charge in [-0.25, -0.2) is 15.8 Å². The molecule has 4 aromatic rings. The summed E-state index contributed by atoms with van der Waals surface area (Å²) in [7, 11) is 0. The molecule has 24 heavy (non-hydrogen) atoms. The molecule has 0 amide bonds. The fourth-order valence-electron chi connectivity index (χ4n) is 1.99. The number of nitrogens with zero attached hydrogens (tertiary/aromatic N) is 3. The van der Waals surface area contributed by atoms with Crippen LogP contribution in [0.3, 0.4) is 0 Å². The van der Waals surface area contributed by atoms with Crippen molar-refractivity contribution < 1.29 is 5.11 Å². The van der Waals surface area contributed by atoms with Gasteiger partial charge in [-0.2, -0.15) is 4.98 Å². The van der Waals surface area contributed by atoms with Gasteiger partial charge < -0.3 is 10.4 Å². The Kier molecular flexibility index (Phi) is 4.30. The number of hydrogen-bond acceptors (Lipinski definition) is 8. The summed E-state index contributed by atoms with van der Waals surface area (Å²) in [6, 6.07) is 14.5. The molecule has 5 N–H and O–H groups in total. The molecule has 0 saturated heterocycles. The van der Waals surface area contributed by atoms with Gasteiger partial charge in [0.15, 0.2) is 5.43 Å². The topological polar surface area (TPSA) is 126 Å². The molecule has 0 aliphatic rings. The number of rotatable bonds is 3. The van der Waals surface area contributed by atoms with E-state index in [0.717, 1.165) is 5.69 Å². The molecule has 0 saturated carbocycles. The maximum Gasteiger partial charge on any atom is 0.241 e. The number of phenolic OH excluding ortho intramolecular Hbond substituents is 1. The molecule has 3 aromatic carbocycles. The Balaban J connectivity index is 0.000000159. The summed E-state index contributed by atoms with van der Waals surface area (Å²) in [5, 5.41) is 13.1. The largest absolute Gasteiger partial charge is 0.507 e. The van der Waals surface area contributed by atoms with Crippen molar-refractivity contribution in [2.75, 3.05) is 10.7 Å². The van der Waals surface area contributed by atoms with E-state index in [-0.39, 0.29) is 11.2 Å². The summed E-state index contributed by atoms with van der Waals surface area (Å²) >= 11 is 0. The first kappa shape index (κ1) is 15.4. The van der Waals surface area contributed by atoms with Gasteiger partial charge >= 0.3 is 0 Å². The van der Waals surface area contributed by atoms with Crippen LogP contribution >= 0.6 is 0 Å². The fourth-order valence-corrected chi connectivity index (χ4v) is 1.99. The highest BCUT2D eigenvalue weighted by Crippen LogP contribution is 2.24. The number of para-hydroxylation sites is 1. The average molecular weight is 322 g/mol. The predicted octanol–water partition coefficient (Wildman–Crippen LogP) is 1.68. The zero-order chi connectivity index (χ0) is 16.9. The summed E-state index contributed by atoms with van der Waals surface area (Å²) in [5.74, 6) is 6.06. The summed E-state index contributed by atoms with van der Waals surface area (Å²) < 4.78 is 0. The van der Waals surface area contributed by atoms with E-state index >= 15 is 0 Å². The first-order valence-corrected chi connectivity index (χ1v) is 7.03. The standard InChI is InChI=1S/C9H10N6.C7H4O2/c10-15-9-12-6-11-8(14-9)13-7-4-2-1-3-5-7;8-5-3-1-2-4-6(5)7(4)9/h1-6H,10H2,(H2,11,12,13,14,15);1-3,8H. The van der Waals surface area contributed by atoms with Crippen LogP contribution in [0.5, 0.6) is 5.75 Å². The highest BCUT2D eigenvalue weighted by atomic mass is 16.3. The van der Waals surface area contributed by atoms with Crippen LogP contribution in [0, 0.1) is 0 Å². The number of benzene rings is 2. The number of phenols is 1. The molecule has 8 heteroatoms. The minimum atomic E-state index is -0.0162. The monoisotopic (exact) mass is 322 g/mol. The third kappa shape index (κ3) is 3.45. The Morgan fingerprint density at radius 2 is 1.71 bits per heavy atom. The molecule has 120 valence electrons. The van der Waals surface area contributed by atoms with Crippen LogP contribution < -0.4 is 22.0 Å². The van der Waals surface area contributed by atoms with Gasteiger partial charge in [0, 0.05) is 11.1 Å². The molecule has 0 spiro atoms. The number of fused-ring (bicyclic) bond motifs is 1. The minimum Gasteiger partial charge on any atom is -0.507 e. The van der Waals surface area contributed by atoms with Gasteiger partial charge in [0.05, 0.1) is 5.39 Å². The molecule has 0 bridgehead atoms. The van der Waals surface area contributed by atoms with Gasteiger partial charge in [0.25, 0.3) is 0 Å². The maximum atomic E-state index is 10.6. The molecule has 0 atom stereocenters. The van der Waals surface area contributed by atoms with Crippen molar-refractivity contribution in [3.8, 4) is 5.75 Å². The molecule has 0 unspecified atom stereocenters. The minimum absolute atomic E-state index is 0.0162. The molecule has 0 aliphatic heterocycles. The Morgan fingerprint density at radius 1 is 0.958 bits per heavy atom. The quantitative estimate of drug-likeness (QED) is 0.331. The van der Waals surface area contributed by atoms with E-state index in [1.807, 2.05) is 30.3 Å². The third-order valence-corrected chi connectivity index (χ3v) is 3.18. The molecule has 0 aliphatic carbocycles. The van der Waals surface area contributed by atoms with Crippen LogP contribution in [0.4, 0.5) is 17.6 Å². The molecule has 0 radical (unpaired) electrons. The number of aromatic hydroxyl groups is 1. The zero-order valence-corrected chi connectivity index (χ0v) is 12.5. The molecule has 1 heterocycles. The Hall–Kier alpha value is -3.52. The van der Waals surface area contributed by atoms with Crippen LogP contribution in [0.15, 0.2) is 59.7 Å². The Morgan fingerprint density at radius 3 is 2.38 bits per heavy atom. The average Bonchev–Trinajstić information content (AvgIpc) is 3.28. The van der Waals surface area contributed by atoms with Crippen LogP contribution in [0.1, 0.15) is 0 Å². The van der Waals surface area contributed by atoms with Crippen LogP contribution in [-0.2, 0) is 0 Å².